The zero-order valence-electron chi connectivity index (χ0n) is 11.7. The number of aromatic hydroxyl groups is 1. The second-order valence-corrected chi connectivity index (χ2v) is 4.17. The van der Waals surface area contributed by atoms with Crippen LogP contribution >= 0.6 is 0 Å². The molecular weight excluding hydrogens is 283 g/mol. The minimum absolute atomic E-state index is 0.00978. The average Bonchev–Trinajstić information content (AvgIpc) is 2.38. The standard InChI is InChI=1S/C14H17FO6/c1-3-20-13(18)11(14(19)21-4-2)12(17)8-5-9(15)7-10(16)6-8/h5-7,11-12,16-17H,3-4H2,1-2H3. The van der Waals surface area contributed by atoms with Gasteiger partial charge in [0.15, 0.2) is 5.92 Å². The van der Waals surface area contributed by atoms with E-state index in [1.54, 1.807) is 13.8 Å². The maximum atomic E-state index is 13.2. The van der Waals surface area contributed by atoms with Crippen molar-refractivity contribution >= 4 is 11.9 Å². The number of hydrogen-bond donors (Lipinski definition) is 2. The van der Waals surface area contributed by atoms with E-state index in [4.69, 9.17) is 9.47 Å². The Labute approximate surface area is 121 Å². The summed E-state index contributed by atoms with van der Waals surface area (Å²) in [5.74, 6) is -4.85. The largest absolute Gasteiger partial charge is 0.508 e. The van der Waals surface area contributed by atoms with Crippen molar-refractivity contribution in [3.8, 4) is 5.75 Å². The topological polar surface area (TPSA) is 93.1 Å². The Hall–Kier alpha value is -2.15. The Kier molecular flexibility index (Phi) is 6.10. The smallest absolute Gasteiger partial charge is 0.323 e. The van der Waals surface area contributed by atoms with Crippen molar-refractivity contribution in [2.45, 2.75) is 20.0 Å². The van der Waals surface area contributed by atoms with Crippen LogP contribution in [0.3, 0.4) is 0 Å². The molecule has 1 rings (SSSR count). The quantitative estimate of drug-likeness (QED) is 0.608. The SMILES string of the molecule is CCOC(=O)C(C(=O)OCC)C(O)c1cc(O)cc(F)c1. The summed E-state index contributed by atoms with van der Waals surface area (Å²) >= 11 is 0. The maximum Gasteiger partial charge on any atom is 0.323 e. The number of esters is 2. The first-order valence-electron chi connectivity index (χ1n) is 6.41. The van der Waals surface area contributed by atoms with Crippen molar-refractivity contribution in [2.75, 3.05) is 13.2 Å². The number of aliphatic hydroxyl groups excluding tert-OH is 1. The Morgan fingerprint density at radius 3 is 2.10 bits per heavy atom. The lowest BCUT2D eigenvalue weighted by Gasteiger charge is -2.20. The summed E-state index contributed by atoms with van der Waals surface area (Å²) in [6, 6.07) is 2.80. The van der Waals surface area contributed by atoms with Gasteiger partial charge in [0.1, 0.15) is 17.7 Å². The summed E-state index contributed by atoms with van der Waals surface area (Å²) in [4.78, 5) is 23.6. The van der Waals surface area contributed by atoms with Crippen molar-refractivity contribution in [1.29, 1.82) is 0 Å². The number of ether oxygens (including phenoxy) is 2. The number of benzene rings is 1. The van der Waals surface area contributed by atoms with Crippen LogP contribution < -0.4 is 0 Å². The lowest BCUT2D eigenvalue weighted by Crippen LogP contribution is -2.33. The number of carbonyl (C=O) groups is 2. The predicted octanol–water partition coefficient (Wildman–Crippen LogP) is 1.31. The molecule has 1 aromatic carbocycles. The zero-order chi connectivity index (χ0) is 16.0. The van der Waals surface area contributed by atoms with E-state index < -0.39 is 35.5 Å². The van der Waals surface area contributed by atoms with Gasteiger partial charge in [-0.15, -0.1) is 0 Å². The van der Waals surface area contributed by atoms with Crippen LogP contribution in [0.1, 0.15) is 25.5 Å². The summed E-state index contributed by atoms with van der Waals surface area (Å²) in [6.07, 6.45) is -1.69. The Morgan fingerprint density at radius 1 is 1.14 bits per heavy atom. The molecule has 1 aromatic rings. The molecule has 0 bridgehead atoms. The van der Waals surface area contributed by atoms with Crippen LogP contribution in [0.5, 0.6) is 5.75 Å². The highest BCUT2D eigenvalue weighted by Crippen LogP contribution is 2.28. The van der Waals surface area contributed by atoms with Gasteiger partial charge in [0, 0.05) is 6.07 Å². The van der Waals surface area contributed by atoms with Crippen LogP contribution in [-0.4, -0.2) is 35.4 Å². The van der Waals surface area contributed by atoms with E-state index >= 15 is 0 Å². The molecule has 1 unspecified atom stereocenters. The highest BCUT2D eigenvalue weighted by Gasteiger charge is 2.37. The molecule has 7 heteroatoms. The molecule has 0 fully saturated rings. The molecule has 116 valence electrons. The van der Waals surface area contributed by atoms with Crippen LogP contribution in [-0.2, 0) is 19.1 Å². The molecular formula is C14H17FO6. The molecule has 0 heterocycles. The van der Waals surface area contributed by atoms with E-state index in [0.29, 0.717) is 0 Å². The molecule has 21 heavy (non-hydrogen) atoms. The number of aliphatic hydroxyl groups is 1. The fourth-order valence-electron chi connectivity index (χ4n) is 1.78. The number of rotatable bonds is 6. The van der Waals surface area contributed by atoms with Gasteiger partial charge in [-0.3, -0.25) is 9.59 Å². The molecule has 0 aliphatic heterocycles. The third kappa shape index (κ3) is 4.42. The first kappa shape index (κ1) is 16.9. The van der Waals surface area contributed by atoms with Crippen LogP contribution in [0, 0.1) is 11.7 Å². The second kappa shape index (κ2) is 7.58. The fraction of sp³-hybridized carbons (Fsp3) is 0.429. The van der Waals surface area contributed by atoms with Gasteiger partial charge in [-0.2, -0.15) is 0 Å². The number of carbonyl (C=O) groups excluding carboxylic acids is 2. The van der Waals surface area contributed by atoms with Gasteiger partial charge in [-0.05, 0) is 31.5 Å². The Bertz CT molecular complexity index is 478. The summed E-state index contributed by atoms with van der Waals surface area (Å²) in [5, 5.41) is 19.5. The van der Waals surface area contributed by atoms with E-state index in [2.05, 4.69) is 0 Å². The predicted molar refractivity (Wildman–Crippen MR) is 69.8 cm³/mol. The van der Waals surface area contributed by atoms with E-state index in [0.717, 1.165) is 18.2 Å². The van der Waals surface area contributed by atoms with Gasteiger partial charge >= 0.3 is 11.9 Å². The summed E-state index contributed by atoms with van der Waals surface area (Å²) in [7, 11) is 0. The molecule has 0 amide bonds. The first-order chi connectivity index (χ1) is 9.90. The lowest BCUT2D eigenvalue weighted by molar-refractivity contribution is -0.167. The minimum atomic E-state index is -1.69. The van der Waals surface area contributed by atoms with E-state index in [-0.39, 0.29) is 18.8 Å². The number of hydrogen-bond acceptors (Lipinski definition) is 6. The highest BCUT2D eigenvalue weighted by molar-refractivity contribution is 5.95. The van der Waals surface area contributed by atoms with Crippen molar-refractivity contribution in [2.24, 2.45) is 5.92 Å². The Morgan fingerprint density at radius 2 is 1.67 bits per heavy atom. The normalized spacial score (nSPS) is 12.0. The van der Waals surface area contributed by atoms with Crippen molar-refractivity contribution in [3.05, 3.63) is 29.6 Å². The van der Waals surface area contributed by atoms with Crippen LogP contribution in [0.15, 0.2) is 18.2 Å². The van der Waals surface area contributed by atoms with Gasteiger partial charge in [-0.1, -0.05) is 0 Å². The Balaban J connectivity index is 3.11. The molecule has 0 saturated carbocycles. The van der Waals surface area contributed by atoms with Crippen molar-refractivity contribution in [1.82, 2.24) is 0 Å². The molecule has 0 radical (unpaired) electrons. The monoisotopic (exact) mass is 300 g/mol. The number of halogens is 1. The van der Waals surface area contributed by atoms with Gasteiger partial charge in [0.25, 0.3) is 0 Å². The number of phenols is 1. The van der Waals surface area contributed by atoms with Gasteiger partial charge in [-0.25, -0.2) is 4.39 Å². The van der Waals surface area contributed by atoms with Crippen molar-refractivity contribution < 1.29 is 33.7 Å². The minimum Gasteiger partial charge on any atom is -0.508 e. The molecule has 0 aliphatic carbocycles. The van der Waals surface area contributed by atoms with Crippen LogP contribution in [0.4, 0.5) is 4.39 Å². The average molecular weight is 300 g/mol. The van der Waals surface area contributed by atoms with E-state index in [1.807, 2.05) is 0 Å². The van der Waals surface area contributed by atoms with Gasteiger partial charge < -0.3 is 19.7 Å². The molecule has 0 aliphatic rings. The number of phenolic OH excluding ortho intramolecular Hbond substituents is 1. The summed E-state index contributed by atoms with van der Waals surface area (Å²) in [5.41, 5.74) is -0.126. The molecule has 0 saturated heterocycles. The maximum absolute atomic E-state index is 13.2. The van der Waals surface area contributed by atoms with Crippen LogP contribution in [0.25, 0.3) is 0 Å². The molecule has 6 nitrogen and oxygen atoms in total. The summed E-state index contributed by atoms with van der Waals surface area (Å²) in [6.45, 7) is 3.10. The van der Waals surface area contributed by atoms with Crippen LogP contribution in [0.2, 0.25) is 0 Å². The molecule has 0 aromatic heterocycles. The fourth-order valence-corrected chi connectivity index (χ4v) is 1.78. The van der Waals surface area contributed by atoms with Crippen molar-refractivity contribution in [3.63, 3.8) is 0 Å². The molecule has 1 atom stereocenters. The molecule has 2 N–H and O–H groups in total. The third-order valence-corrected chi connectivity index (χ3v) is 2.64. The van der Waals surface area contributed by atoms with E-state index in [1.165, 1.54) is 0 Å². The van der Waals surface area contributed by atoms with Gasteiger partial charge in [0.05, 0.1) is 13.2 Å². The van der Waals surface area contributed by atoms with E-state index in [9.17, 15) is 24.2 Å². The second-order valence-electron chi connectivity index (χ2n) is 4.17. The lowest BCUT2D eigenvalue weighted by atomic mass is 9.95. The molecule has 0 spiro atoms. The first-order valence-corrected chi connectivity index (χ1v) is 6.41. The summed E-state index contributed by atoms with van der Waals surface area (Å²) < 4.78 is 22.7. The van der Waals surface area contributed by atoms with Gasteiger partial charge in [0.2, 0.25) is 0 Å². The third-order valence-electron chi connectivity index (χ3n) is 2.64. The highest BCUT2D eigenvalue weighted by atomic mass is 19.1. The zero-order valence-corrected chi connectivity index (χ0v) is 11.7.